The molecule has 1 aliphatic rings. The smallest absolute Gasteiger partial charge is 0.0204 e. The summed E-state index contributed by atoms with van der Waals surface area (Å²) in [5.41, 5.74) is 1.12. The lowest BCUT2D eigenvalue weighted by Gasteiger charge is -2.16. The summed E-state index contributed by atoms with van der Waals surface area (Å²) in [5.74, 6) is 0. The molecule has 0 spiro atoms. The molecule has 0 saturated heterocycles. The zero-order chi connectivity index (χ0) is 6.20. The highest BCUT2D eigenvalue weighted by Gasteiger charge is 2.26. The van der Waals surface area contributed by atoms with Crippen LogP contribution in [0.15, 0.2) is 0 Å². The summed E-state index contributed by atoms with van der Waals surface area (Å²) in [6.07, 6.45) is 3.02. The average molecular weight is 130 g/mol. The van der Waals surface area contributed by atoms with Gasteiger partial charge in [-0.25, -0.2) is 0 Å². The van der Waals surface area contributed by atoms with Gasteiger partial charge in [-0.2, -0.15) is 0 Å². The summed E-state index contributed by atoms with van der Waals surface area (Å²) in [6, 6.07) is 0. The maximum atomic E-state index is 2.34. The van der Waals surface area contributed by atoms with E-state index in [2.05, 4.69) is 20.8 Å². The van der Waals surface area contributed by atoms with Crippen LogP contribution in [0.1, 0.15) is 33.6 Å². The SMILES string of the molecule is CC(C)(C)PC1CC1. The van der Waals surface area contributed by atoms with Gasteiger partial charge in [-0.1, -0.05) is 20.8 Å². The molecular formula is C7H15P. The molecule has 8 heavy (non-hydrogen) atoms. The third-order valence-electron chi connectivity index (χ3n) is 1.21. The molecule has 0 amide bonds. The fourth-order valence-electron chi connectivity index (χ4n) is 0.840. The Kier molecular flexibility index (Phi) is 1.63. The highest BCUT2D eigenvalue weighted by Crippen LogP contribution is 2.46. The second-order valence-corrected chi connectivity index (χ2v) is 6.27. The topological polar surface area (TPSA) is 0 Å². The van der Waals surface area contributed by atoms with E-state index in [1.165, 1.54) is 21.4 Å². The van der Waals surface area contributed by atoms with Crippen LogP contribution in [0.2, 0.25) is 0 Å². The van der Waals surface area contributed by atoms with E-state index in [9.17, 15) is 0 Å². The second-order valence-electron chi connectivity index (χ2n) is 3.67. The first-order chi connectivity index (χ1) is 3.58. The van der Waals surface area contributed by atoms with E-state index in [0.717, 1.165) is 5.66 Å². The Labute approximate surface area is 53.8 Å². The molecule has 1 heteroatoms. The Morgan fingerprint density at radius 1 is 1.25 bits per heavy atom. The zero-order valence-electron chi connectivity index (χ0n) is 5.99. The van der Waals surface area contributed by atoms with Crippen LogP contribution in [-0.4, -0.2) is 10.8 Å². The Hall–Kier alpha value is 0.430. The van der Waals surface area contributed by atoms with Crippen LogP contribution >= 0.6 is 8.58 Å². The first-order valence-electron chi connectivity index (χ1n) is 3.36. The van der Waals surface area contributed by atoms with Crippen LogP contribution in [0.4, 0.5) is 0 Å². The predicted octanol–water partition coefficient (Wildman–Crippen LogP) is 2.63. The van der Waals surface area contributed by atoms with Gasteiger partial charge < -0.3 is 0 Å². The molecule has 1 atom stereocenters. The van der Waals surface area contributed by atoms with Gasteiger partial charge in [0.2, 0.25) is 0 Å². The third kappa shape index (κ3) is 2.67. The predicted molar refractivity (Wildman–Crippen MR) is 41.1 cm³/mol. The summed E-state index contributed by atoms with van der Waals surface area (Å²) < 4.78 is 0. The summed E-state index contributed by atoms with van der Waals surface area (Å²) >= 11 is 0. The standard InChI is InChI=1S/C7H15P/c1-7(2,3)8-6-4-5-6/h6,8H,4-5H2,1-3H3. The normalized spacial score (nSPS) is 22.9. The van der Waals surface area contributed by atoms with Gasteiger partial charge in [0.25, 0.3) is 0 Å². The molecule has 0 aromatic rings. The highest BCUT2D eigenvalue weighted by molar-refractivity contribution is 7.41. The molecule has 1 unspecified atom stereocenters. The van der Waals surface area contributed by atoms with E-state index in [4.69, 9.17) is 0 Å². The van der Waals surface area contributed by atoms with Crippen molar-refractivity contribution in [1.82, 2.24) is 0 Å². The number of hydrogen-bond donors (Lipinski definition) is 0. The van der Waals surface area contributed by atoms with Crippen molar-refractivity contribution in [3.8, 4) is 0 Å². The average Bonchev–Trinajstić information content (AvgIpc) is 2.12. The van der Waals surface area contributed by atoms with Crippen LogP contribution in [0.5, 0.6) is 0 Å². The molecule has 0 N–H and O–H groups in total. The Morgan fingerprint density at radius 2 is 1.75 bits per heavy atom. The molecular weight excluding hydrogens is 115 g/mol. The molecule has 0 nitrogen and oxygen atoms in total. The molecule has 1 saturated carbocycles. The molecule has 0 aliphatic heterocycles. The van der Waals surface area contributed by atoms with Gasteiger partial charge in [-0.15, -0.1) is 8.58 Å². The largest absolute Gasteiger partial charge is 0.113 e. The van der Waals surface area contributed by atoms with E-state index in [-0.39, 0.29) is 0 Å². The first-order valence-corrected chi connectivity index (χ1v) is 4.43. The van der Waals surface area contributed by atoms with Crippen LogP contribution in [0.25, 0.3) is 0 Å². The van der Waals surface area contributed by atoms with E-state index in [1.54, 1.807) is 0 Å². The number of hydrogen-bond acceptors (Lipinski definition) is 0. The highest BCUT2D eigenvalue weighted by atomic mass is 31.1. The Morgan fingerprint density at radius 3 is 1.88 bits per heavy atom. The number of rotatable bonds is 1. The summed E-state index contributed by atoms with van der Waals surface area (Å²) in [4.78, 5) is 0. The maximum absolute atomic E-state index is 2.34. The van der Waals surface area contributed by atoms with E-state index in [0.29, 0.717) is 5.16 Å². The van der Waals surface area contributed by atoms with Gasteiger partial charge in [0.05, 0.1) is 0 Å². The minimum absolute atomic E-state index is 0.612. The van der Waals surface area contributed by atoms with Gasteiger partial charge in [0.15, 0.2) is 0 Å². The Balaban J connectivity index is 2.16. The summed E-state index contributed by atoms with van der Waals surface area (Å²) in [6.45, 7) is 7.01. The molecule has 0 bridgehead atoms. The van der Waals surface area contributed by atoms with Crippen LogP contribution in [0, 0.1) is 0 Å². The van der Waals surface area contributed by atoms with Crippen molar-refractivity contribution >= 4 is 8.58 Å². The summed E-state index contributed by atoms with van der Waals surface area (Å²) in [7, 11) is 1.21. The minimum Gasteiger partial charge on any atom is -0.113 e. The molecule has 1 aliphatic carbocycles. The summed E-state index contributed by atoms with van der Waals surface area (Å²) in [5, 5.41) is 0.612. The van der Waals surface area contributed by atoms with Crippen molar-refractivity contribution in [2.75, 3.05) is 0 Å². The fraction of sp³-hybridized carbons (Fsp3) is 1.00. The van der Waals surface area contributed by atoms with Crippen molar-refractivity contribution in [2.45, 2.75) is 44.4 Å². The quantitative estimate of drug-likeness (QED) is 0.478. The van der Waals surface area contributed by atoms with Crippen LogP contribution in [0.3, 0.4) is 0 Å². The van der Waals surface area contributed by atoms with Gasteiger partial charge in [-0.3, -0.25) is 0 Å². The van der Waals surface area contributed by atoms with Gasteiger partial charge in [-0.05, 0) is 23.7 Å². The van der Waals surface area contributed by atoms with Crippen molar-refractivity contribution in [3.05, 3.63) is 0 Å². The van der Waals surface area contributed by atoms with Crippen molar-refractivity contribution in [2.24, 2.45) is 0 Å². The van der Waals surface area contributed by atoms with E-state index < -0.39 is 0 Å². The maximum Gasteiger partial charge on any atom is -0.0204 e. The fourth-order valence-corrected chi connectivity index (χ4v) is 2.52. The molecule has 0 aromatic carbocycles. The van der Waals surface area contributed by atoms with Crippen molar-refractivity contribution < 1.29 is 0 Å². The molecule has 0 radical (unpaired) electrons. The van der Waals surface area contributed by atoms with Gasteiger partial charge in [0.1, 0.15) is 0 Å². The molecule has 48 valence electrons. The zero-order valence-corrected chi connectivity index (χ0v) is 6.99. The van der Waals surface area contributed by atoms with Crippen LogP contribution < -0.4 is 0 Å². The van der Waals surface area contributed by atoms with E-state index >= 15 is 0 Å². The molecule has 1 rings (SSSR count). The monoisotopic (exact) mass is 130 g/mol. The van der Waals surface area contributed by atoms with Crippen molar-refractivity contribution in [3.63, 3.8) is 0 Å². The lowest BCUT2D eigenvalue weighted by molar-refractivity contribution is 0.792. The lowest BCUT2D eigenvalue weighted by atomic mass is 10.3. The third-order valence-corrected chi connectivity index (χ3v) is 3.07. The molecule has 1 fully saturated rings. The molecule has 0 heterocycles. The Bertz CT molecular complexity index is 76.9. The lowest BCUT2D eigenvalue weighted by Crippen LogP contribution is -2.05. The van der Waals surface area contributed by atoms with Gasteiger partial charge >= 0.3 is 0 Å². The minimum atomic E-state index is 0.612. The van der Waals surface area contributed by atoms with Crippen molar-refractivity contribution in [1.29, 1.82) is 0 Å². The van der Waals surface area contributed by atoms with Crippen LogP contribution in [-0.2, 0) is 0 Å². The molecule has 0 aromatic heterocycles. The second kappa shape index (κ2) is 1.99. The van der Waals surface area contributed by atoms with E-state index in [1.807, 2.05) is 0 Å². The van der Waals surface area contributed by atoms with Gasteiger partial charge in [0, 0.05) is 0 Å². The first kappa shape index (κ1) is 6.55.